The molecule has 0 heterocycles. The number of rotatable bonds is 8. The van der Waals surface area contributed by atoms with Gasteiger partial charge in [-0.3, -0.25) is 4.90 Å². The van der Waals surface area contributed by atoms with E-state index < -0.39 is 23.9 Å². The molecule has 0 unspecified atom stereocenters. The fourth-order valence-corrected chi connectivity index (χ4v) is 1.98. The maximum absolute atomic E-state index is 12.8. The highest BCUT2D eigenvalue weighted by Crippen LogP contribution is 2.35. The number of hydrogen-bond acceptors (Lipinski definition) is 4. The van der Waals surface area contributed by atoms with E-state index in [2.05, 4.69) is 6.07 Å². The summed E-state index contributed by atoms with van der Waals surface area (Å²) in [7, 11) is 0. The standard InChI is InChI=1S/C15H21F3NO2.C2HF3O2/c1-12(2)19(9-10-20)8-5-11-21-14-7-4-3-6-13(14)15(16,17)18;3-2(4,5)1(6)7/h3,6-7,12,20H,5,8-11H2,1-2H3;(H,6,7). The molecule has 0 fully saturated rings. The SMILES string of the molecule is CC(C)N(CCO)CCCOc1c[c]ccc1C(F)(F)F.O=C(O)C(F)(F)F. The summed E-state index contributed by atoms with van der Waals surface area (Å²) in [5.41, 5.74) is -0.780. The first kappa shape index (κ1) is 26.0. The highest BCUT2D eigenvalue weighted by Gasteiger charge is 2.38. The first-order valence-corrected chi connectivity index (χ1v) is 8.15. The largest absolute Gasteiger partial charge is 0.493 e. The number of carbonyl (C=O) groups is 1. The van der Waals surface area contributed by atoms with E-state index in [0.29, 0.717) is 19.5 Å². The molecule has 0 amide bonds. The van der Waals surface area contributed by atoms with Crippen LogP contribution in [0.2, 0.25) is 0 Å². The van der Waals surface area contributed by atoms with Crippen LogP contribution in [-0.4, -0.2) is 59.6 Å². The van der Waals surface area contributed by atoms with Crippen molar-refractivity contribution in [2.45, 2.75) is 38.7 Å². The Morgan fingerprint density at radius 3 is 2.21 bits per heavy atom. The lowest BCUT2D eigenvalue weighted by molar-refractivity contribution is -0.192. The fourth-order valence-electron chi connectivity index (χ4n) is 1.98. The Kier molecular flexibility index (Phi) is 10.9. The molecule has 1 rings (SSSR count). The van der Waals surface area contributed by atoms with E-state index in [1.807, 2.05) is 18.7 Å². The summed E-state index contributed by atoms with van der Waals surface area (Å²) in [4.78, 5) is 10.9. The average Bonchev–Trinajstić information content (AvgIpc) is 2.56. The van der Waals surface area contributed by atoms with Gasteiger partial charge in [0.25, 0.3) is 0 Å². The molecule has 1 aromatic carbocycles. The van der Waals surface area contributed by atoms with E-state index in [9.17, 15) is 26.3 Å². The fraction of sp³-hybridized carbons (Fsp3) is 0.588. The van der Waals surface area contributed by atoms with Crippen LogP contribution in [0.25, 0.3) is 0 Å². The molecule has 0 aliphatic heterocycles. The molecule has 0 spiro atoms. The van der Waals surface area contributed by atoms with Crippen molar-refractivity contribution in [1.29, 1.82) is 0 Å². The highest BCUT2D eigenvalue weighted by molar-refractivity contribution is 5.73. The second kappa shape index (κ2) is 11.7. The van der Waals surface area contributed by atoms with Gasteiger partial charge in [-0.25, -0.2) is 4.79 Å². The summed E-state index contributed by atoms with van der Waals surface area (Å²) >= 11 is 0. The third kappa shape index (κ3) is 10.4. The van der Waals surface area contributed by atoms with Crippen molar-refractivity contribution < 1.29 is 46.1 Å². The van der Waals surface area contributed by atoms with Gasteiger partial charge in [0.05, 0.1) is 18.8 Å². The van der Waals surface area contributed by atoms with Gasteiger partial charge in [-0.15, -0.1) is 0 Å². The normalized spacial score (nSPS) is 12.0. The predicted molar refractivity (Wildman–Crippen MR) is 87.9 cm³/mol. The number of nitrogens with zero attached hydrogens (tertiary/aromatic N) is 1. The topological polar surface area (TPSA) is 70.0 Å². The third-order valence-electron chi connectivity index (χ3n) is 3.34. The van der Waals surface area contributed by atoms with Crippen molar-refractivity contribution in [3.63, 3.8) is 0 Å². The molecule has 0 aliphatic carbocycles. The highest BCUT2D eigenvalue weighted by atomic mass is 19.4. The van der Waals surface area contributed by atoms with Gasteiger partial charge in [-0.2, -0.15) is 26.3 Å². The molecule has 0 saturated heterocycles. The zero-order valence-corrected chi connectivity index (χ0v) is 15.3. The first-order chi connectivity index (χ1) is 12.8. The lowest BCUT2D eigenvalue weighted by Crippen LogP contribution is -2.34. The molecule has 161 valence electrons. The van der Waals surface area contributed by atoms with E-state index in [4.69, 9.17) is 19.7 Å². The van der Waals surface area contributed by atoms with Crippen LogP contribution in [0.3, 0.4) is 0 Å². The van der Waals surface area contributed by atoms with Gasteiger partial charge < -0.3 is 14.9 Å². The van der Waals surface area contributed by atoms with E-state index in [1.165, 1.54) is 12.1 Å². The van der Waals surface area contributed by atoms with Crippen molar-refractivity contribution >= 4 is 5.97 Å². The van der Waals surface area contributed by atoms with Crippen LogP contribution in [0, 0.1) is 6.07 Å². The van der Waals surface area contributed by atoms with Gasteiger partial charge in [0.1, 0.15) is 5.75 Å². The number of ether oxygens (including phenoxy) is 1. The van der Waals surface area contributed by atoms with Crippen LogP contribution < -0.4 is 4.74 Å². The maximum atomic E-state index is 12.8. The molecule has 5 nitrogen and oxygen atoms in total. The molecule has 11 heteroatoms. The minimum Gasteiger partial charge on any atom is -0.493 e. The molecular weight excluding hydrogens is 396 g/mol. The molecule has 1 radical (unpaired) electrons. The molecule has 0 atom stereocenters. The smallest absolute Gasteiger partial charge is 0.490 e. The molecule has 1 aromatic rings. The van der Waals surface area contributed by atoms with Gasteiger partial charge in [-0.05, 0) is 38.5 Å². The summed E-state index contributed by atoms with van der Waals surface area (Å²) in [6.45, 7) is 5.47. The van der Waals surface area contributed by atoms with E-state index >= 15 is 0 Å². The lowest BCUT2D eigenvalue weighted by atomic mass is 10.2. The Balaban J connectivity index is 0.000000887. The number of alkyl halides is 6. The van der Waals surface area contributed by atoms with Gasteiger partial charge in [0.2, 0.25) is 0 Å². The monoisotopic (exact) mass is 418 g/mol. The van der Waals surface area contributed by atoms with Gasteiger partial charge in [0.15, 0.2) is 0 Å². The van der Waals surface area contributed by atoms with Crippen molar-refractivity contribution in [2.75, 3.05) is 26.3 Å². The van der Waals surface area contributed by atoms with E-state index in [0.717, 1.165) is 6.07 Å². The van der Waals surface area contributed by atoms with Crippen molar-refractivity contribution in [1.82, 2.24) is 4.90 Å². The van der Waals surface area contributed by atoms with Crippen LogP contribution >= 0.6 is 0 Å². The summed E-state index contributed by atoms with van der Waals surface area (Å²) in [6.07, 6.45) is -8.92. The Labute approximate surface area is 158 Å². The predicted octanol–water partition coefficient (Wildman–Crippen LogP) is 3.61. The number of aliphatic carboxylic acids is 1. The number of aliphatic hydroxyl groups is 1. The molecular formula is C17H22F6NO4. The number of carboxylic acid groups (broad SMARTS) is 1. The number of aliphatic hydroxyl groups excluding tert-OH is 1. The van der Waals surface area contributed by atoms with Crippen molar-refractivity contribution in [3.8, 4) is 5.75 Å². The zero-order chi connectivity index (χ0) is 22.0. The first-order valence-electron chi connectivity index (χ1n) is 8.15. The Morgan fingerprint density at radius 2 is 1.79 bits per heavy atom. The Hall–Kier alpha value is -2.01. The van der Waals surface area contributed by atoms with Crippen molar-refractivity contribution in [2.24, 2.45) is 0 Å². The number of benzene rings is 1. The van der Waals surface area contributed by atoms with Crippen LogP contribution in [0.1, 0.15) is 25.8 Å². The van der Waals surface area contributed by atoms with Gasteiger partial charge in [0, 0.05) is 19.1 Å². The van der Waals surface area contributed by atoms with Gasteiger partial charge in [-0.1, -0.05) is 6.07 Å². The minimum absolute atomic E-state index is 0.0604. The molecule has 0 saturated carbocycles. The summed E-state index contributed by atoms with van der Waals surface area (Å²) < 4.78 is 75.3. The Bertz CT molecular complexity index is 590. The van der Waals surface area contributed by atoms with Crippen LogP contribution in [0.15, 0.2) is 18.2 Å². The van der Waals surface area contributed by atoms with Gasteiger partial charge >= 0.3 is 18.3 Å². The Morgan fingerprint density at radius 1 is 1.21 bits per heavy atom. The number of hydrogen-bond donors (Lipinski definition) is 2. The average molecular weight is 418 g/mol. The molecule has 28 heavy (non-hydrogen) atoms. The van der Waals surface area contributed by atoms with Crippen LogP contribution in [-0.2, 0) is 11.0 Å². The summed E-state index contributed by atoms with van der Waals surface area (Å²) in [6, 6.07) is 6.25. The lowest BCUT2D eigenvalue weighted by Gasteiger charge is -2.25. The molecule has 0 bridgehead atoms. The van der Waals surface area contributed by atoms with Crippen LogP contribution in [0.5, 0.6) is 5.75 Å². The molecule has 0 aromatic heterocycles. The quantitative estimate of drug-likeness (QED) is 0.499. The second-order valence-electron chi connectivity index (χ2n) is 5.78. The third-order valence-corrected chi connectivity index (χ3v) is 3.34. The summed E-state index contributed by atoms with van der Waals surface area (Å²) in [5.74, 6) is -2.95. The van der Waals surface area contributed by atoms with Crippen LogP contribution in [0.4, 0.5) is 26.3 Å². The molecule has 0 aliphatic rings. The summed E-state index contributed by atoms with van der Waals surface area (Å²) in [5, 5.41) is 16.1. The second-order valence-corrected chi connectivity index (χ2v) is 5.78. The van der Waals surface area contributed by atoms with E-state index in [-0.39, 0.29) is 25.0 Å². The minimum atomic E-state index is -5.08. The molecule has 2 N–H and O–H groups in total. The number of carboxylic acids is 1. The number of halogens is 6. The maximum Gasteiger partial charge on any atom is 0.490 e. The van der Waals surface area contributed by atoms with E-state index in [1.54, 1.807) is 0 Å². The zero-order valence-electron chi connectivity index (χ0n) is 15.3. The van der Waals surface area contributed by atoms with Crippen molar-refractivity contribution in [3.05, 3.63) is 29.8 Å².